The zero-order valence-corrected chi connectivity index (χ0v) is 19.3. The lowest BCUT2D eigenvalue weighted by atomic mass is 9.98. The topological polar surface area (TPSA) is 69.2 Å². The fraction of sp³-hybridized carbons (Fsp3) is 0.909. The van der Waals surface area contributed by atoms with Gasteiger partial charge < -0.3 is 25.2 Å². The third-order valence-electron chi connectivity index (χ3n) is 5.77. The van der Waals surface area contributed by atoms with Gasteiger partial charge in [0.15, 0.2) is 5.96 Å². The maximum Gasteiger partial charge on any atom is 0.410 e. The predicted molar refractivity (Wildman–Crippen MR) is 119 cm³/mol. The summed E-state index contributed by atoms with van der Waals surface area (Å²) in [5, 5.41) is 6.87. The average Bonchev–Trinajstić information content (AvgIpc) is 2.68. The van der Waals surface area contributed by atoms with Gasteiger partial charge >= 0.3 is 6.09 Å². The molecule has 7 heteroatoms. The second kappa shape index (κ2) is 11.6. The first kappa shape index (κ1) is 23.8. The molecule has 0 aromatic rings. The van der Waals surface area contributed by atoms with Gasteiger partial charge in [0.1, 0.15) is 5.60 Å². The molecule has 0 aliphatic carbocycles. The summed E-state index contributed by atoms with van der Waals surface area (Å²) in [6.07, 6.45) is 5.74. The summed E-state index contributed by atoms with van der Waals surface area (Å²) in [6, 6.07) is 0. The van der Waals surface area contributed by atoms with Gasteiger partial charge in [-0.2, -0.15) is 0 Å². The monoisotopic (exact) mass is 409 g/mol. The molecule has 1 unspecified atom stereocenters. The Morgan fingerprint density at radius 3 is 2.52 bits per heavy atom. The minimum absolute atomic E-state index is 0.197. The number of nitrogens with one attached hydrogen (secondary N) is 2. The van der Waals surface area contributed by atoms with Crippen LogP contribution in [0.1, 0.15) is 59.8 Å². The zero-order valence-electron chi connectivity index (χ0n) is 19.3. The number of likely N-dealkylation sites (tertiary alicyclic amines) is 2. The fourth-order valence-electron chi connectivity index (χ4n) is 3.98. The first-order chi connectivity index (χ1) is 13.8. The van der Waals surface area contributed by atoms with Crippen molar-refractivity contribution in [1.29, 1.82) is 0 Å². The summed E-state index contributed by atoms with van der Waals surface area (Å²) >= 11 is 0. The first-order valence-electron chi connectivity index (χ1n) is 11.4. The van der Waals surface area contributed by atoms with E-state index in [0.29, 0.717) is 5.92 Å². The van der Waals surface area contributed by atoms with Crippen LogP contribution in [0.5, 0.6) is 0 Å². The van der Waals surface area contributed by atoms with E-state index in [2.05, 4.69) is 27.4 Å². The van der Waals surface area contributed by atoms with Crippen LogP contribution >= 0.6 is 0 Å². The van der Waals surface area contributed by atoms with Gasteiger partial charge in [-0.15, -0.1) is 0 Å². The van der Waals surface area contributed by atoms with E-state index in [1.54, 1.807) is 0 Å². The molecule has 0 aromatic heterocycles. The third kappa shape index (κ3) is 9.24. The molecule has 0 radical (unpaired) electrons. The molecule has 1 atom stereocenters. The van der Waals surface area contributed by atoms with Crippen LogP contribution in [0.3, 0.4) is 0 Å². The molecule has 2 rings (SSSR count). The summed E-state index contributed by atoms with van der Waals surface area (Å²) in [7, 11) is 1.81. The average molecular weight is 410 g/mol. The second-order valence-corrected chi connectivity index (χ2v) is 9.69. The Hall–Kier alpha value is -1.50. The number of carbonyl (C=O) groups excluding carboxylic acids is 1. The van der Waals surface area contributed by atoms with Crippen molar-refractivity contribution in [2.24, 2.45) is 16.8 Å². The highest BCUT2D eigenvalue weighted by Crippen LogP contribution is 2.19. The molecule has 0 spiro atoms. The van der Waals surface area contributed by atoms with Crippen LogP contribution in [-0.2, 0) is 4.74 Å². The molecule has 2 aliphatic heterocycles. The van der Waals surface area contributed by atoms with Crippen molar-refractivity contribution in [3.8, 4) is 0 Å². The Morgan fingerprint density at radius 1 is 1.14 bits per heavy atom. The van der Waals surface area contributed by atoms with Crippen molar-refractivity contribution in [1.82, 2.24) is 20.4 Å². The number of piperidine rings is 2. The molecule has 2 N–H and O–H groups in total. The molecule has 0 bridgehead atoms. The zero-order chi connectivity index (χ0) is 21.3. The number of guanidine groups is 1. The van der Waals surface area contributed by atoms with E-state index in [0.717, 1.165) is 63.9 Å². The van der Waals surface area contributed by atoms with Crippen LogP contribution in [-0.4, -0.2) is 80.3 Å². The number of aliphatic imine (C=N–C) groups is 1. The van der Waals surface area contributed by atoms with Crippen LogP contribution in [0.4, 0.5) is 4.79 Å². The smallest absolute Gasteiger partial charge is 0.410 e. The molecule has 168 valence electrons. The predicted octanol–water partition coefficient (Wildman–Crippen LogP) is 2.92. The van der Waals surface area contributed by atoms with Crippen molar-refractivity contribution >= 4 is 12.1 Å². The maximum absolute atomic E-state index is 12.3. The van der Waals surface area contributed by atoms with E-state index in [4.69, 9.17) is 4.74 Å². The Kier molecular flexibility index (Phi) is 9.53. The normalized spacial score (nSPS) is 22.4. The molecule has 7 nitrogen and oxygen atoms in total. The Bertz CT molecular complexity index is 524. The molecular weight excluding hydrogens is 366 g/mol. The van der Waals surface area contributed by atoms with Crippen molar-refractivity contribution in [3.05, 3.63) is 0 Å². The molecule has 0 aromatic carbocycles. The molecular formula is C22H43N5O2. The number of ether oxygens (including phenoxy) is 1. The van der Waals surface area contributed by atoms with Crippen molar-refractivity contribution in [3.63, 3.8) is 0 Å². The summed E-state index contributed by atoms with van der Waals surface area (Å²) < 4.78 is 5.52. The maximum atomic E-state index is 12.3. The highest BCUT2D eigenvalue weighted by Gasteiger charge is 2.27. The van der Waals surface area contributed by atoms with Crippen molar-refractivity contribution < 1.29 is 9.53 Å². The SMILES string of the molecule is CN=C(NCCCN1CCC(C)CC1)NCC1CCCN(C(=O)OC(C)(C)C)C1. The summed E-state index contributed by atoms with van der Waals surface area (Å²) in [5.74, 6) is 2.16. The largest absolute Gasteiger partial charge is 0.444 e. The molecule has 2 aliphatic rings. The molecule has 0 saturated carbocycles. The summed E-state index contributed by atoms with van der Waals surface area (Å²) in [4.78, 5) is 21.1. The van der Waals surface area contributed by atoms with Gasteiger partial charge in [0.25, 0.3) is 0 Å². The Labute approximate surface area is 177 Å². The Morgan fingerprint density at radius 2 is 1.86 bits per heavy atom. The second-order valence-electron chi connectivity index (χ2n) is 9.69. The van der Waals surface area contributed by atoms with Gasteiger partial charge in [-0.05, 0) is 84.3 Å². The van der Waals surface area contributed by atoms with E-state index >= 15 is 0 Å². The van der Waals surface area contributed by atoms with Gasteiger partial charge in [0.2, 0.25) is 0 Å². The lowest BCUT2D eigenvalue weighted by molar-refractivity contribution is 0.0168. The van der Waals surface area contributed by atoms with Gasteiger partial charge in [-0.3, -0.25) is 4.99 Å². The molecule has 29 heavy (non-hydrogen) atoms. The van der Waals surface area contributed by atoms with E-state index in [-0.39, 0.29) is 6.09 Å². The van der Waals surface area contributed by atoms with E-state index in [9.17, 15) is 4.79 Å². The van der Waals surface area contributed by atoms with Gasteiger partial charge in [-0.25, -0.2) is 4.79 Å². The third-order valence-corrected chi connectivity index (χ3v) is 5.77. The lowest BCUT2D eigenvalue weighted by Crippen LogP contribution is -2.47. The van der Waals surface area contributed by atoms with Crippen LogP contribution < -0.4 is 10.6 Å². The molecule has 1 amide bonds. The lowest BCUT2D eigenvalue weighted by Gasteiger charge is -2.34. The van der Waals surface area contributed by atoms with Gasteiger partial charge in [0.05, 0.1) is 0 Å². The number of nitrogens with zero attached hydrogens (tertiary/aromatic N) is 3. The Balaban J connectivity index is 1.63. The minimum atomic E-state index is -0.444. The number of amides is 1. The molecule has 2 heterocycles. The minimum Gasteiger partial charge on any atom is -0.444 e. The van der Waals surface area contributed by atoms with Crippen LogP contribution in [0.25, 0.3) is 0 Å². The molecule has 2 saturated heterocycles. The van der Waals surface area contributed by atoms with Crippen LogP contribution in [0.2, 0.25) is 0 Å². The highest BCUT2D eigenvalue weighted by atomic mass is 16.6. The van der Waals surface area contributed by atoms with Gasteiger partial charge in [-0.1, -0.05) is 6.92 Å². The number of carbonyl (C=O) groups is 1. The standard InChI is InChI=1S/C22H43N5O2/c1-18-9-14-26(15-10-18)12-7-11-24-20(23-5)25-16-19-8-6-13-27(17-19)21(28)29-22(2,3)4/h18-19H,6-17H2,1-5H3,(H2,23,24,25). The van der Waals surface area contributed by atoms with Crippen LogP contribution in [0.15, 0.2) is 4.99 Å². The number of rotatable bonds is 6. The summed E-state index contributed by atoms with van der Waals surface area (Å²) in [5.41, 5.74) is -0.444. The van der Waals surface area contributed by atoms with E-state index in [1.165, 1.54) is 25.9 Å². The van der Waals surface area contributed by atoms with Crippen LogP contribution in [0, 0.1) is 11.8 Å². The molecule has 2 fully saturated rings. The van der Waals surface area contributed by atoms with Crippen molar-refractivity contribution in [2.75, 3.05) is 52.9 Å². The number of hydrogen-bond donors (Lipinski definition) is 2. The summed E-state index contributed by atoms with van der Waals surface area (Å²) in [6.45, 7) is 15.0. The van der Waals surface area contributed by atoms with E-state index in [1.807, 2.05) is 32.7 Å². The first-order valence-corrected chi connectivity index (χ1v) is 11.4. The fourth-order valence-corrected chi connectivity index (χ4v) is 3.98. The highest BCUT2D eigenvalue weighted by molar-refractivity contribution is 5.79. The van der Waals surface area contributed by atoms with Crippen molar-refractivity contribution in [2.45, 2.75) is 65.4 Å². The van der Waals surface area contributed by atoms with E-state index < -0.39 is 5.60 Å². The quantitative estimate of drug-likeness (QED) is 0.401. The number of hydrogen-bond acceptors (Lipinski definition) is 4. The van der Waals surface area contributed by atoms with Gasteiger partial charge in [0, 0.05) is 33.2 Å².